The third-order valence-electron chi connectivity index (χ3n) is 3.78. The number of hydrogen-bond donors (Lipinski definition) is 1. The molecular formula is C20H22N2O. The summed E-state index contributed by atoms with van der Waals surface area (Å²) in [6, 6.07) is 16.1. The van der Waals surface area contributed by atoms with Crippen molar-refractivity contribution in [1.29, 1.82) is 0 Å². The molecule has 0 bridgehead atoms. The molecule has 2 aromatic carbocycles. The Hall–Kier alpha value is -2.55. The van der Waals surface area contributed by atoms with Gasteiger partial charge in [-0.05, 0) is 43.5 Å². The maximum absolute atomic E-state index is 12.8. The molecule has 1 aliphatic rings. The fourth-order valence-corrected chi connectivity index (χ4v) is 2.72. The van der Waals surface area contributed by atoms with E-state index in [0.717, 1.165) is 22.4 Å². The predicted molar refractivity (Wildman–Crippen MR) is 96.3 cm³/mol. The molecule has 0 saturated heterocycles. The Morgan fingerprint density at radius 2 is 1.57 bits per heavy atom. The molecule has 2 amide bonds. The normalized spacial score (nSPS) is 15.0. The second-order valence-corrected chi connectivity index (χ2v) is 6.86. The Labute approximate surface area is 137 Å². The van der Waals surface area contributed by atoms with Crippen molar-refractivity contribution < 1.29 is 4.79 Å². The van der Waals surface area contributed by atoms with Crippen LogP contribution in [0.25, 0.3) is 12.2 Å². The van der Waals surface area contributed by atoms with Crippen LogP contribution in [0, 0.1) is 0 Å². The molecule has 0 aromatic heterocycles. The standard InChI is InChI=1S/C20H22N2O/c1-20(2,3)21-19(23)22-14-17-10-5-4-8-15(17)12-13-16-9-6-7-11-18(16)22/h4-13H,14H2,1-3H3,(H,21,23)/b13-12-. The van der Waals surface area contributed by atoms with E-state index in [-0.39, 0.29) is 11.6 Å². The summed E-state index contributed by atoms with van der Waals surface area (Å²) in [5, 5.41) is 3.07. The van der Waals surface area contributed by atoms with Crippen LogP contribution in [-0.2, 0) is 6.54 Å². The van der Waals surface area contributed by atoms with Gasteiger partial charge in [-0.25, -0.2) is 4.79 Å². The first-order valence-electron chi connectivity index (χ1n) is 7.89. The van der Waals surface area contributed by atoms with E-state index in [1.807, 2.05) is 62.1 Å². The van der Waals surface area contributed by atoms with Crippen molar-refractivity contribution in [2.45, 2.75) is 32.9 Å². The number of carbonyl (C=O) groups is 1. The number of para-hydroxylation sites is 1. The number of urea groups is 1. The number of rotatable bonds is 0. The van der Waals surface area contributed by atoms with Gasteiger partial charge in [0.1, 0.15) is 0 Å². The molecule has 118 valence electrons. The Morgan fingerprint density at radius 1 is 0.957 bits per heavy atom. The lowest BCUT2D eigenvalue weighted by Crippen LogP contribution is -2.48. The van der Waals surface area contributed by atoms with Crippen molar-refractivity contribution >= 4 is 23.9 Å². The van der Waals surface area contributed by atoms with E-state index in [1.54, 1.807) is 0 Å². The third kappa shape index (κ3) is 3.45. The summed E-state index contributed by atoms with van der Waals surface area (Å²) in [7, 11) is 0. The zero-order valence-corrected chi connectivity index (χ0v) is 13.8. The molecule has 0 fully saturated rings. The molecule has 1 aliphatic heterocycles. The van der Waals surface area contributed by atoms with Crippen LogP contribution in [0.5, 0.6) is 0 Å². The van der Waals surface area contributed by atoms with Crippen molar-refractivity contribution in [3.63, 3.8) is 0 Å². The van der Waals surface area contributed by atoms with Gasteiger partial charge in [0, 0.05) is 5.54 Å². The maximum atomic E-state index is 12.8. The van der Waals surface area contributed by atoms with Gasteiger partial charge >= 0.3 is 6.03 Å². The minimum Gasteiger partial charge on any atom is -0.333 e. The fourth-order valence-electron chi connectivity index (χ4n) is 2.72. The number of amides is 2. The van der Waals surface area contributed by atoms with Crippen molar-refractivity contribution in [2.75, 3.05) is 4.90 Å². The highest BCUT2D eigenvalue weighted by Gasteiger charge is 2.24. The highest BCUT2D eigenvalue weighted by Crippen LogP contribution is 2.28. The van der Waals surface area contributed by atoms with Crippen LogP contribution in [-0.4, -0.2) is 11.6 Å². The average Bonchev–Trinajstić information content (AvgIpc) is 2.48. The number of nitrogens with zero attached hydrogens (tertiary/aromatic N) is 1. The molecule has 23 heavy (non-hydrogen) atoms. The second-order valence-electron chi connectivity index (χ2n) is 6.86. The van der Waals surface area contributed by atoms with Crippen LogP contribution in [0.4, 0.5) is 10.5 Å². The van der Waals surface area contributed by atoms with Gasteiger partial charge in [0.15, 0.2) is 0 Å². The summed E-state index contributed by atoms with van der Waals surface area (Å²) in [5.74, 6) is 0. The largest absolute Gasteiger partial charge is 0.333 e. The Morgan fingerprint density at radius 3 is 2.30 bits per heavy atom. The van der Waals surface area contributed by atoms with Crippen LogP contribution in [0.15, 0.2) is 48.5 Å². The smallest absolute Gasteiger partial charge is 0.322 e. The number of hydrogen-bond acceptors (Lipinski definition) is 1. The molecule has 3 rings (SSSR count). The average molecular weight is 306 g/mol. The summed E-state index contributed by atoms with van der Waals surface area (Å²) >= 11 is 0. The second kappa shape index (κ2) is 5.92. The van der Waals surface area contributed by atoms with E-state index in [0.29, 0.717) is 6.54 Å². The zero-order chi connectivity index (χ0) is 16.4. The first-order chi connectivity index (χ1) is 10.9. The Kier molecular flexibility index (Phi) is 3.95. The lowest BCUT2D eigenvalue weighted by Gasteiger charge is -2.30. The van der Waals surface area contributed by atoms with Crippen molar-refractivity contribution in [3.8, 4) is 0 Å². The van der Waals surface area contributed by atoms with E-state index in [1.165, 1.54) is 0 Å². The quantitative estimate of drug-likeness (QED) is 0.752. The number of fused-ring (bicyclic) bond motifs is 2. The van der Waals surface area contributed by atoms with E-state index >= 15 is 0 Å². The first-order valence-corrected chi connectivity index (χ1v) is 7.89. The fraction of sp³-hybridized carbons (Fsp3) is 0.250. The summed E-state index contributed by atoms with van der Waals surface area (Å²) in [6.07, 6.45) is 4.19. The van der Waals surface area contributed by atoms with Gasteiger partial charge in [0.2, 0.25) is 0 Å². The molecular weight excluding hydrogens is 284 g/mol. The van der Waals surface area contributed by atoms with Crippen LogP contribution < -0.4 is 10.2 Å². The number of benzene rings is 2. The van der Waals surface area contributed by atoms with E-state index in [2.05, 4.69) is 29.6 Å². The lowest BCUT2D eigenvalue weighted by atomic mass is 10.0. The van der Waals surface area contributed by atoms with E-state index < -0.39 is 0 Å². The van der Waals surface area contributed by atoms with Gasteiger partial charge in [-0.1, -0.05) is 54.6 Å². The van der Waals surface area contributed by atoms with Gasteiger partial charge < -0.3 is 5.32 Å². The SMILES string of the molecule is CC(C)(C)NC(=O)N1Cc2ccccc2/C=C\c2ccccc21. The van der Waals surface area contributed by atoms with Crippen LogP contribution in [0.3, 0.4) is 0 Å². The molecule has 0 aliphatic carbocycles. The van der Waals surface area contributed by atoms with E-state index in [9.17, 15) is 4.79 Å². The lowest BCUT2D eigenvalue weighted by molar-refractivity contribution is 0.237. The van der Waals surface area contributed by atoms with Gasteiger partial charge in [-0.3, -0.25) is 4.90 Å². The minimum absolute atomic E-state index is 0.0740. The predicted octanol–water partition coefficient (Wildman–Crippen LogP) is 4.69. The Balaban J connectivity index is 2.07. The number of nitrogens with one attached hydrogen (secondary N) is 1. The van der Waals surface area contributed by atoms with E-state index in [4.69, 9.17) is 0 Å². The number of carbonyl (C=O) groups excluding carboxylic acids is 1. The Bertz CT molecular complexity index is 756. The molecule has 3 nitrogen and oxygen atoms in total. The third-order valence-corrected chi connectivity index (χ3v) is 3.78. The summed E-state index contributed by atoms with van der Waals surface area (Å²) in [6.45, 7) is 6.54. The molecule has 0 unspecified atom stereocenters. The summed E-state index contributed by atoms with van der Waals surface area (Å²) in [5.41, 5.74) is 3.99. The van der Waals surface area contributed by atoms with Gasteiger partial charge in [0.05, 0.1) is 12.2 Å². The highest BCUT2D eigenvalue weighted by atomic mass is 16.2. The van der Waals surface area contributed by atoms with Crippen LogP contribution >= 0.6 is 0 Å². The highest BCUT2D eigenvalue weighted by molar-refractivity contribution is 5.96. The van der Waals surface area contributed by atoms with Gasteiger partial charge in [-0.15, -0.1) is 0 Å². The van der Waals surface area contributed by atoms with Gasteiger partial charge in [0.25, 0.3) is 0 Å². The van der Waals surface area contributed by atoms with Crippen molar-refractivity contribution in [2.24, 2.45) is 0 Å². The molecule has 1 heterocycles. The molecule has 0 spiro atoms. The minimum atomic E-state index is -0.274. The monoisotopic (exact) mass is 306 g/mol. The zero-order valence-electron chi connectivity index (χ0n) is 13.8. The summed E-state index contributed by atoms with van der Waals surface area (Å²) < 4.78 is 0. The van der Waals surface area contributed by atoms with Crippen molar-refractivity contribution in [1.82, 2.24) is 5.32 Å². The van der Waals surface area contributed by atoms with Crippen LogP contribution in [0.2, 0.25) is 0 Å². The molecule has 2 aromatic rings. The van der Waals surface area contributed by atoms with Crippen molar-refractivity contribution in [3.05, 3.63) is 65.2 Å². The first kappa shape index (κ1) is 15.3. The van der Waals surface area contributed by atoms with Gasteiger partial charge in [-0.2, -0.15) is 0 Å². The molecule has 3 heteroatoms. The molecule has 1 N–H and O–H groups in total. The number of anilines is 1. The summed E-state index contributed by atoms with van der Waals surface area (Å²) in [4.78, 5) is 14.7. The molecule has 0 atom stereocenters. The maximum Gasteiger partial charge on any atom is 0.322 e. The molecule has 0 radical (unpaired) electrons. The topological polar surface area (TPSA) is 32.3 Å². The van der Waals surface area contributed by atoms with Crippen LogP contribution in [0.1, 0.15) is 37.5 Å². The molecule has 0 saturated carbocycles.